The van der Waals surface area contributed by atoms with Crippen LogP contribution in [0.25, 0.3) is 0 Å². The molecule has 0 atom stereocenters. The SMILES string of the molecule is COc1cccc(CC2(CBr)CCC(C(C)(C)C)CC2)c1. The van der Waals surface area contributed by atoms with Crippen LogP contribution in [0.15, 0.2) is 24.3 Å². The molecule has 0 bridgehead atoms. The molecule has 0 amide bonds. The van der Waals surface area contributed by atoms with Crippen LogP contribution in [0.5, 0.6) is 5.75 Å². The molecule has 0 unspecified atom stereocenters. The van der Waals surface area contributed by atoms with E-state index in [0.29, 0.717) is 10.8 Å². The number of ether oxygens (including phenoxy) is 1. The summed E-state index contributed by atoms with van der Waals surface area (Å²) in [5.41, 5.74) is 2.28. The third kappa shape index (κ3) is 4.25. The topological polar surface area (TPSA) is 9.23 Å². The van der Waals surface area contributed by atoms with Gasteiger partial charge in [-0.3, -0.25) is 0 Å². The number of benzene rings is 1. The maximum Gasteiger partial charge on any atom is 0.119 e. The summed E-state index contributed by atoms with van der Waals surface area (Å²) in [5, 5.41) is 1.11. The van der Waals surface area contributed by atoms with E-state index in [1.54, 1.807) is 7.11 Å². The molecule has 118 valence electrons. The number of alkyl halides is 1. The summed E-state index contributed by atoms with van der Waals surface area (Å²) in [7, 11) is 1.74. The molecule has 0 spiro atoms. The van der Waals surface area contributed by atoms with E-state index in [0.717, 1.165) is 23.4 Å². The number of hydrogen-bond donors (Lipinski definition) is 0. The molecule has 1 aliphatic carbocycles. The molecule has 0 aromatic heterocycles. The zero-order valence-electron chi connectivity index (χ0n) is 13.9. The Kier molecular flexibility index (Phi) is 5.40. The van der Waals surface area contributed by atoms with Crippen LogP contribution in [0, 0.1) is 16.7 Å². The molecule has 1 nitrogen and oxygen atoms in total. The number of rotatable bonds is 4. The van der Waals surface area contributed by atoms with Gasteiger partial charge in [0.25, 0.3) is 0 Å². The van der Waals surface area contributed by atoms with Crippen LogP contribution in [0.3, 0.4) is 0 Å². The quantitative estimate of drug-likeness (QED) is 0.617. The average Bonchev–Trinajstić information content (AvgIpc) is 2.47. The van der Waals surface area contributed by atoms with Crippen molar-refractivity contribution < 1.29 is 4.74 Å². The fourth-order valence-electron chi connectivity index (χ4n) is 3.67. The van der Waals surface area contributed by atoms with Gasteiger partial charge in [-0.25, -0.2) is 0 Å². The molecular formula is C19H29BrO. The Bertz CT molecular complexity index is 453. The zero-order valence-corrected chi connectivity index (χ0v) is 15.5. The largest absolute Gasteiger partial charge is 0.497 e. The van der Waals surface area contributed by atoms with E-state index in [9.17, 15) is 0 Å². The summed E-state index contributed by atoms with van der Waals surface area (Å²) in [5.74, 6) is 1.84. The van der Waals surface area contributed by atoms with Crippen molar-refractivity contribution in [3.63, 3.8) is 0 Å². The Morgan fingerprint density at radius 2 is 1.90 bits per heavy atom. The molecule has 1 aromatic carbocycles. The standard InChI is InChI=1S/C19H29BrO/c1-18(2,3)16-8-10-19(14-20,11-9-16)13-15-6-5-7-17(12-15)21-4/h5-7,12,16H,8-11,13-14H2,1-4H3. The second-order valence-electron chi connectivity index (χ2n) is 7.80. The van der Waals surface area contributed by atoms with Crippen molar-refractivity contribution in [2.24, 2.45) is 16.7 Å². The minimum Gasteiger partial charge on any atom is -0.497 e. The van der Waals surface area contributed by atoms with Gasteiger partial charge in [0, 0.05) is 5.33 Å². The van der Waals surface area contributed by atoms with Crippen LogP contribution in [0.2, 0.25) is 0 Å². The van der Waals surface area contributed by atoms with E-state index in [1.807, 2.05) is 6.07 Å². The van der Waals surface area contributed by atoms with Crippen molar-refractivity contribution in [1.29, 1.82) is 0 Å². The van der Waals surface area contributed by atoms with Gasteiger partial charge in [-0.1, -0.05) is 48.8 Å². The third-order valence-electron chi connectivity index (χ3n) is 5.27. The molecule has 0 N–H and O–H groups in total. The Balaban J connectivity index is 2.06. The highest BCUT2D eigenvalue weighted by Gasteiger charge is 2.38. The van der Waals surface area contributed by atoms with Crippen molar-refractivity contribution in [3.8, 4) is 5.75 Å². The van der Waals surface area contributed by atoms with Gasteiger partial charge in [0.1, 0.15) is 5.75 Å². The molecule has 0 heterocycles. The molecular weight excluding hydrogens is 324 g/mol. The van der Waals surface area contributed by atoms with Crippen molar-refractivity contribution in [3.05, 3.63) is 29.8 Å². The van der Waals surface area contributed by atoms with E-state index in [1.165, 1.54) is 31.2 Å². The minimum absolute atomic E-state index is 0.425. The highest BCUT2D eigenvalue weighted by molar-refractivity contribution is 9.09. The van der Waals surface area contributed by atoms with Crippen molar-refractivity contribution >= 4 is 15.9 Å². The maximum absolute atomic E-state index is 5.36. The molecule has 0 saturated heterocycles. The Morgan fingerprint density at radius 3 is 2.43 bits per heavy atom. The lowest BCUT2D eigenvalue weighted by Crippen LogP contribution is -2.35. The molecule has 0 radical (unpaired) electrons. The number of halogens is 1. The van der Waals surface area contributed by atoms with Gasteiger partial charge >= 0.3 is 0 Å². The molecule has 21 heavy (non-hydrogen) atoms. The molecule has 1 aromatic rings. The lowest BCUT2D eigenvalue weighted by Gasteiger charge is -2.43. The molecule has 1 aliphatic rings. The third-order valence-corrected chi connectivity index (χ3v) is 6.46. The Hall–Kier alpha value is -0.500. The lowest BCUT2D eigenvalue weighted by atomic mass is 9.63. The molecule has 2 heteroatoms. The maximum atomic E-state index is 5.36. The van der Waals surface area contributed by atoms with Gasteiger partial charge in [-0.2, -0.15) is 0 Å². The normalized spacial score (nSPS) is 26.6. The second kappa shape index (κ2) is 6.73. The molecule has 1 saturated carbocycles. The van der Waals surface area contributed by atoms with Crippen LogP contribution < -0.4 is 4.74 Å². The molecule has 1 fully saturated rings. The van der Waals surface area contributed by atoms with Gasteiger partial charge in [0.05, 0.1) is 7.11 Å². The van der Waals surface area contributed by atoms with E-state index >= 15 is 0 Å². The fourth-order valence-corrected chi connectivity index (χ4v) is 4.43. The highest BCUT2D eigenvalue weighted by atomic mass is 79.9. The van der Waals surface area contributed by atoms with Crippen LogP contribution in [0.1, 0.15) is 52.0 Å². The summed E-state index contributed by atoms with van der Waals surface area (Å²) in [6.07, 6.45) is 6.54. The predicted octanol–water partition coefficient (Wildman–Crippen LogP) is 5.86. The summed E-state index contributed by atoms with van der Waals surface area (Å²) >= 11 is 3.80. The van der Waals surface area contributed by atoms with Crippen molar-refractivity contribution in [2.45, 2.75) is 52.9 Å². The Labute approximate surface area is 138 Å². The number of hydrogen-bond acceptors (Lipinski definition) is 1. The van der Waals surface area contributed by atoms with E-state index < -0.39 is 0 Å². The predicted molar refractivity (Wildman–Crippen MR) is 94.3 cm³/mol. The van der Waals surface area contributed by atoms with E-state index in [-0.39, 0.29) is 0 Å². The van der Waals surface area contributed by atoms with Crippen molar-refractivity contribution in [2.75, 3.05) is 12.4 Å². The minimum atomic E-state index is 0.425. The number of methoxy groups -OCH3 is 1. The van der Waals surface area contributed by atoms with E-state index in [2.05, 4.69) is 54.9 Å². The van der Waals surface area contributed by atoms with Crippen LogP contribution >= 0.6 is 15.9 Å². The first-order valence-electron chi connectivity index (χ1n) is 8.07. The first-order valence-corrected chi connectivity index (χ1v) is 9.20. The van der Waals surface area contributed by atoms with Gasteiger partial charge in [0.2, 0.25) is 0 Å². The van der Waals surface area contributed by atoms with Gasteiger partial charge in [-0.15, -0.1) is 0 Å². The van der Waals surface area contributed by atoms with Gasteiger partial charge < -0.3 is 4.74 Å². The lowest BCUT2D eigenvalue weighted by molar-refractivity contribution is 0.103. The zero-order chi connectivity index (χ0) is 15.5. The van der Waals surface area contributed by atoms with Crippen LogP contribution in [-0.4, -0.2) is 12.4 Å². The van der Waals surface area contributed by atoms with Crippen LogP contribution in [0.4, 0.5) is 0 Å². The van der Waals surface area contributed by atoms with Gasteiger partial charge in [-0.05, 0) is 66.5 Å². The van der Waals surface area contributed by atoms with Gasteiger partial charge in [0.15, 0.2) is 0 Å². The summed E-state index contributed by atoms with van der Waals surface area (Å²) in [6.45, 7) is 7.17. The smallest absolute Gasteiger partial charge is 0.119 e. The molecule has 2 rings (SSSR count). The summed E-state index contributed by atoms with van der Waals surface area (Å²) in [6, 6.07) is 8.57. The van der Waals surface area contributed by atoms with E-state index in [4.69, 9.17) is 4.74 Å². The Morgan fingerprint density at radius 1 is 1.24 bits per heavy atom. The average molecular weight is 353 g/mol. The first kappa shape index (κ1) is 16.9. The fraction of sp³-hybridized carbons (Fsp3) is 0.684. The monoisotopic (exact) mass is 352 g/mol. The highest BCUT2D eigenvalue weighted by Crippen LogP contribution is 2.47. The second-order valence-corrected chi connectivity index (χ2v) is 8.36. The molecule has 0 aliphatic heterocycles. The van der Waals surface area contributed by atoms with Crippen LogP contribution in [-0.2, 0) is 6.42 Å². The van der Waals surface area contributed by atoms with Crippen molar-refractivity contribution in [1.82, 2.24) is 0 Å². The first-order chi connectivity index (χ1) is 9.88. The summed E-state index contributed by atoms with van der Waals surface area (Å²) < 4.78 is 5.36. The summed E-state index contributed by atoms with van der Waals surface area (Å²) in [4.78, 5) is 0.